The monoisotopic (exact) mass is 281 g/mol. The average molecular weight is 281 g/mol. The van der Waals surface area contributed by atoms with E-state index in [4.69, 9.17) is 10.5 Å². The minimum Gasteiger partial charge on any atom is -0.497 e. The molecule has 3 aromatic rings. The van der Waals surface area contributed by atoms with Crippen molar-refractivity contribution in [1.29, 1.82) is 0 Å². The van der Waals surface area contributed by atoms with Gasteiger partial charge in [-0.1, -0.05) is 30.3 Å². The van der Waals surface area contributed by atoms with Crippen LogP contribution in [0.2, 0.25) is 0 Å². The third kappa shape index (κ3) is 2.62. The fraction of sp³-hybridized carbons (Fsp3) is 0.235. The van der Waals surface area contributed by atoms with Crippen LogP contribution in [0.4, 0.5) is 0 Å². The summed E-state index contributed by atoms with van der Waals surface area (Å²) in [6, 6.07) is 16.0. The van der Waals surface area contributed by atoms with E-state index in [9.17, 15) is 0 Å². The summed E-state index contributed by atoms with van der Waals surface area (Å²) in [5.41, 5.74) is 9.57. The first-order valence-corrected chi connectivity index (χ1v) is 6.99. The number of ether oxygens (including phenoxy) is 1. The lowest BCUT2D eigenvalue weighted by Crippen LogP contribution is -2.14. The van der Waals surface area contributed by atoms with Gasteiger partial charge in [0, 0.05) is 24.9 Å². The highest BCUT2D eigenvalue weighted by Crippen LogP contribution is 2.24. The van der Waals surface area contributed by atoms with E-state index in [1.54, 1.807) is 7.11 Å². The number of aryl methyl sites for hydroxylation is 1. The molecule has 0 aliphatic carbocycles. The van der Waals surface area contributed by atoms with Crippen LogP contribution < -0.4 is 10.5 Å². The fourth-order valence-electron chi connectivity index (χ4n) is 2.64. The SMILES string of the molecule is COc1cccc(C(N)Cc2nn(C)c3ccccc23)c1. The van der Waals surface area contributed by atoms with Gasteiger partial charge < -0.3 is 10.5 Å². The zero-order chi connectivity index (χ0) is 14.8. The summed E-state index contributed by atoms with van der Waals surface area (Å²) in [6.45, 7) is 0. The summed E-state index contributed by atoms with van der Waals surface area (Å²) in [4.78, 5) is 0. The van der Waals surface area contributed by atoms with Gasteiger partial charge in [-0.3, -0.25) is 4.68 Å². The van der Waals surface area contributed by atoms with Crippen molar-refractivity contribution in [3.8, 4) is 5.75 Å². The average Bonchev–Trinajstić information content (AvgIpc) is 2.84. The molecule has 21 heavy (non-hydrogen) atoms. The molecule has 0 aliphatic rings. The van der Waals surface area contributed by atoms with Crippen LogP contribution in [0.1, 0.15) is 17.3 Å². The number of methoxy groups -OCH3 is 1. The van der Waals surface area contributed by atoms with Crippen LogP contribution in [0.25, 0.3) is 10.9 Å². The molecule has 0 bridgehead atoms. The number of fused-ring (bicyclic) bond motifs is 1. The van der Waals surface area contributed by atoms with Crippen LogP contribution >= 0.6 is 0 Å². The molecule has 1 unspecified atom stereocenters. The van der Waals surface area contributed by atoms with Crippen molar-refractivity contribution < 1.29 is 4.74 Å². The van der Waals surface area contributed by atoms with E-state index < -0.39 is 0 Å². The van der Waals surface area contributed by atoms with Gasteiger partial charge in [0.2, 0.25) is 0 Å². The van der Waals surface area contributed by atoms with E-state index in [1.807, 2.05) is 48.1 Å². The number of nitrogens with two attached hydrogens (primary N) is 1. The van der Waals surface area contributed by atoms with Crippen molar-refractivity contribution >= 4 is 10.9 Å². The van der Waals surface area contributed by atoms with Crippen LogP contribution in [0.5, 0.6) is 5.75 Å². The third-order valence-electron chi connectivity index (χ3n) is 3.77. The number of benzene rings is 2. The summed E-state index contributed by atoms with van der Waals surface area (Å²) < 4.78 is 7.16. The highest BCUT2D eigenvalue weighted by molar-refractivity contribution is 5.81. The minimum atomic E-state index is -0.0987. The molecule has 4 heteroatoms. The predicted octanol–water partition coefficient (Wildman–Crippen LogP) is 2.82. The number of nitrogens with zero attached hydrogens (tertiary/aromatic N) is 2. The lowest BCUT2D eigenvalue weighted by molar-refractivity contribution is 0.413. The molecule has 0 saturated carbocycles. The van der Waals surface area contributed by atoms with Gasteiger partial charge in [0.15, 0.2) is 0 Å². The van der Waals surface area contributed by atoms with Crippen LogP contribution in [-0.4, -0.2) is 16.9 Å². The van der Waals surface area contributed by atoms with Crippen molar-refractivity contribution in [2.24, 2.45) is 12.8 Å². The molecule has 0 fully saturated rings. The Hall–Kier alpha value is -2.33. The number of hydrogen-bond acceptors (Lipinski definition) is 3. The summed E-state index contributed by atoms with van der Waals surface area (Å²) in [5.74, 6) is 0.828. The number of hydrogen-bond donors (Lipinski definition) is 1. The van der Waals surface area contributed by atoms with Crippen LogP contribution in [0, 0.1) is 0 Å². The Labute approximate surface area is 124 Å². The molecule has 2 aromatic carbocycles. The second-order valence-electron chi connectivity index (χ2n) is 5.17. The normalized spacial score (nSPS) is 12.5. The van der Waals surface area contributed by atoms with Crippen molar-refractivity contribution in [3.63, 3.8) is 0 Å². The summed E-state index contributed by atoms with van der Waals surface area (Å²) >= 11 is 0. The van der Waals surface area contributed by atoms with Gasteiger partial charge in [-0.05, 0) is 23.8 Å². The van der Waals surface area contributed by atoms with Gasteiger partial charge >= 0.3 is 0 Å². The first-order chi connectivity index (χ1) is 10.2. The smallest absolute Gasteiger partial charge is 0.119 e. The van der Waals surface area contributed by atoms with E-state index in [-0.39, 0.29) is 6.04 Å². The Balaban J connectivity index is 1.91. The Morgan fingerprint density at radius 1 is 1.19 bits per heavy atom. The van der Waals surface area contributed by atoms with E-state index in [1.165, 1.54) is 5.39 Å². The quantitative estimate of drug-likeness (QED) is 0.800. The molecule has 0 saturated heterocycles. The van der Waals surface area contributed by atoms with Crippen LogP contribution in [0.15, 0.2) is 48.5 Å². The lowest BCUT2D eigenvalue weighted by atomic mass is 10.0. The highest BCUT2D eigenvalue weighted by atomic mass is 16.5. The highest BCUT2D eigenvalue weighted by Gasteiger charge is 2.14. The zero-order valence-corrected chi connectivity index (χ0v) is 12.3. The molecular formula is C17H19N3O. The molecule has 0 aliphatic heterocycles. The van der Waals surface area contributed by atoms with Crippen LogP contribution in [-0.2, 0) is 13.5 Å². The first kappa shape index (κ1) is 13.6. The van der Waals surface area contributed by atoms with Gasteiger partial charge in [0.05, 0.1) is 18.3 Å². The molecule has 1 heterocycles. The van der Waals surface area contributed by atoms with E-state index in [0.717, 1.165) is 22.5 Å². The first-order valence-electron chi connectivity index (χ1n) is 6.99. The number of para-hydroxylation sites is 1. The third-order valence-corrected chi connectivity index (χ3v) is 3.77. The molecule has 0 radical (unpaired) electrons. The van der Waals surface area contributed by atoms with Gasteiger partial charge in [-0.15, -0.1) is 0 Å². The predicted molar refractivity (Wildman–Crippen MR) is 84.3 cm³/mol. The topological polar surface area (TPSA) is 53.1 Å². The second kappa shape index (κ2) is 5.58. The van der Waals surface area contributed by atoms with Crippen molar-refractivity contribution in [3.05, 3.63) is 59.8 Å². The summed E-state index contributed by atoms with van der Waals surface area (Å²) in [7, 11) is 3.62. The second-order valence-corrected chi connectivity index (χ2v) is 5.17. The Bertz CT molecular complexity index is 764. The van der Waals surface area contributed by atoms with Gasteiger partial charge in [-0.25, -0.2) is 0 Å². The van der Waals surface area contributed by atoms with Crippen molar-refractivity contribution in [1.82, 2.24) is 9.78 Å². The minimum absolute atomic E-state index is 0.0987. The maximum atomic E-state index is 6.35. The molecular weight excluding hydrogens is 262 g/mol. The van der Waals surface area contributed by atoms with Gasteiger partial charge in [-0.2, -0.15) is 5.10 Å². The summed E-state index contributed by atoms with van der Waals surface area (Å²) in [6.07, 6.45) is 0.703. The van der Waals surface area contributed by atoms with E-state index in [0.29, 0.717) is 6.42 Å². The van der Waals surface area contributed by atoms with Gasteiger partial charge in [0.25, 0.3) is 0 Å². The van der Waals surface area contributed by atoms with Gasteiger partial charge in [0.1, 0.15) is 5.75 Å². The van der Waals surface area contributed by atoms with Crippen molar-refractivity contribution in [2.75, 3.05) is 7.11 Å². The molecule has 2 N–H and O–H groups in total. The Morgan fingerprint density at radius 2 is 2.00 bits per heavy atom. The Kier molecular flexibility index (Phi) is 3.62. The van der Waals surface area contributed by atoms with Crippen LogP contribution in [0.3, 0.4) is 0 Å². The molecule has 1 aromatic heterocycles. The molecule has 4 nitrogen and oxygen atoms in total. The number of aromatic nitrogens is 2. The Morgan fingerprint density at radius 3 is 2.81 bits per heavy atom. The van der Waals surface area contributed by atoms with E-state index in [2.05, 4.69) is 17.2 Å². The molecule has 1 atom stereocenters. The standard InChI is InChI=1S/C17H19N3O/c1-20-17-9-4-3-8-14(17)16(19-20)11-15(18)12-6-5-7-13(10-12)21-2/h3-10,15H,11,18H2,1-2H3. The molecule has 0 amide bonds. The molecule has 0 spiro atoms. The molecule has 3 rings (SSSR count). The van der Waals surface area contributed by atoms with E-state index >= 15 is 0 Å². The molecule has 108 valence electrons. The fourth-order valence-corrected chi connectivity index (χ4v) is 2.64. The zero-order valence-electron chi connectivity index (χ0n) is 12.3. The maximum Gasteiger partial charge on any atom is 0.119 e. The maximum absolute atomic E-state index is 6.35. The number of rotatable bonds is 4. The van der Waals surface area contributed by atoms with Crippen molar-refractivity contribution in [2.45, 2.75) is 12.5 Å². The summed E-state index contributed by atoms with van der Waals surface area (Å²) in [5, 5.41) is 5.77. The lowest BCUT2D eigenvalue weighted by Gasteiger charge is -2.12. The largest absolute Gasteiger partial charge is 0.497 e.